The Labute approximate surface area is 108 Å². The van der Waals surface area contributed by atoms with Gasteiger partial charge in [0, 0.05) is 6.42 Å². The number of hydrogen-bond donors (Lipinski definition) is 2. The molecule has 2 N–H and O–H groups in total. The van der Waals surface area contributed by atoms with E-state index in [-0.39, 0.29) is 0 Å². The number of rotatable bonds is 6. The Bertz CT molecular complexity index is 400. The minimum absolute atomic E-state index is 0.524. The lowest BCUT2D eigenvalue weighted by atomic mass is 9.84. The van der Waals surface area contributed by atoms with Gasteiger partial charge in [-0.2, -0.15) is 0 Å². The van der Waals surface area contributed by atoms with E-state index >= 15 is 0 Å². The van der Waals surface area contributed by atoms with E-state index in [2.05, 4.69) is 5.32 Å². The normalized spacial score (nSPS) is 18.9. The van der Waals surface area contributed by atoms with Crippen molar-refractivity contribution in [1.29, 1.82) is 0 Å². The van der Waals surface area contributed by atoms with Crippen LogP contribution in [0, 0.1) is 5.92 Å². The van der Waals surface area contributed by atoms with Crippen molar-refractivity contribution >= 4 is 5.97 Å². The lowest BCUT2D eigenvalue weighted by Crippen LogP contribution is -2.53. The van der Waals surface area contributed by atoms with Gasteiger partial charge in [-0.15, -0.1) is 0 Å². The Morgan fingerprint density at radius 1 is 1.39 bits per heavy atom. The van der Waals surface area contributed by atoms with E-state index in [9.17, 15) is 9.90 Å². The molecule has 0 spiro atoms. The summed E-state index contributed by atoms with van der Waals surface area (Å²) in [5.74, 6) is -0.106. The highest BCUT2D eigenvalue weighted by Crippen LogP contribution is 2.26. The summed E-state index contributed by atoms with van der Waals surface area (Å²) in [6, 6.07) is 9.80. The van der Waals surface area contributed by atoms with Gasteiger partial charge in [0.2, 0.25) is 0 Å². The average molecular weight is 247 g/mol. The molecule has 1 aromatic rings. The van der Waals surface area contributed by atoms with Gasteiger partial charge in [-0.1, -0.05) is 36.8 Å². The third-order valence-electron chi connectivity index (χ3n) is 3.88. The zero-order valence-corrected chi connectivity index (χ0v) is 10.9. The molecule has 3 heteroatoms. The zero-order valence-electron chi connectivity index (χ0n) is 10.9. The smallest absolute Gasteiger partial charge is 0.323 e. The molecule has 1 atom stereocenters. The maximum atomic E-state index is 11.5. The van der Waals surface area contributed by atoms with Crippen LogP contribution in [0.3, 0.4) is 0 Å². The number of benzene rings is 1. The van der Waals surface area contributed by atoms with Gasteiger partial charge in [0.15, 0.2) is 0 Å². The first kappa shape index (κ1) is 13.1. The van der Waals surface area contributed by atoms with Crippen LogP contribution in [0.15, 0.2) is 30.3 Å². The van der Waals surface area contributed by atoms with E-state index in [1.807, 2.05) is 30.3 Å². The van der Waals surface area contributed by atoms with Crippen molar-refractivity contribution in [2.75, 3.05) is 6.54 Å². The summed E-state index contributed by atoms with van der Waals surface area (Å²) in [5, 5.41) is 12.7. The van der Waals surface area contributed by atoms with Crippen molar-refractivity contribution in [2.45, 2.75) is 38.1 Å². The lowest BCUT2D eigenvalue weighted by molar-refractivity contribution is -0.144. The van der Waals surface area contributed by atoms with Crippen molar-refractivity contribution in [3.8, 4) is 0 Å². The first-order valence-electron chi connectivity index (χ1n) is 6.62. The molecule has 1 aliphatic carbocycles. The summed E-state index contributed by atoms with van der Waals surface area (Å²) >= 11 is 0. The second kappa shape index (κ2) is 5.53. The maximum Gasteiger partial charge on any atom is 0.323 e. The number of carboxylic acid groups (broad SMARTS) is 1. The molecule has 0 amide bonds. The van der Waals surface area contributed by atoms with Gasteiger partial charge in [0.1, 0.15) is 5.54 Å². The summed E-state index contributed by atoms with van der Waals surface area (Å²) in [7, 11) is 0. The van der Waals surface area contributed by atoms with Crippen LogP contribution in [0.4, 0.5) is 0 Å². The van der Waals surface area contributed by atoms with Crippen LogP contribution in [0.2, 0.25) is 0 Å². The Kier molecular flexibility index (Phi) is 4.02. The number of hydrogen-bond acceptors (Lipinski definition) is 2. The first-order chi connectivity index (χ1) is 8.60. The van der Waals surface area contributed by atoms with Crippen LogP contribution < -0.4 is 5.32 Å². The van der Waals surface area contributed by atoms with Crippen LogP contribution in [-0.4, -0.2) is 23.2 Å². The second-order valence-electron chi connectivity index (χ2n) is 5.48. The molecule has 18 heavy (non-hydrogen) atoms. The zero-order chi connectivity index (χ0) is 13.0. The molecule has 0 saturated heterocycles. The number of carboxylic acids is 1. The molecular weight excluding hydrogens is 226 g/mol. The SMILES string of the molecule is CC(Cc1ccccc1)(NCC1CCC1)C(=O)O. The average Bonchev–Trinajstić information content (AvgIpc) is 2.28. The molecule has 1 fully saturated rings. The summed E-state index contributed by atoms with van der Waals surface area (Å²) in [5.41, 5.74) is 0.195. The largest absolute Gasteiger partial charge is 0.480 e. The Hall–Kier alpha value is -1.35. The Morgan fingerprint density at radius 3 is 2.56 bits per heavy atom. The minimum atomic E-state index is -0.864. The highest BCUT2D eigenvalue weighted by Gasteiger charge is 2.34. The standard InChI is InChI=1S/C15H21NO2/c1-15(14(17)18,16-11-13-8-5-9-13)10-12-6-3-2-4-7-12/h2-4,6-7,13,16H,5,8-11H2,1H3,(H,17,18). The topological polar surface area (TPSA) is 49.3 Å². The number of aliphatic carboxylic acids is 1. The number of nitrogens with one attached hydrogen (secondary N) is 1. The van der Waals surface area contributed by atoms with E-state index in [0.717, 1.165) is 12.1 Å². The molecule has 1 aliphatic rings. The van der Waals surface area contributed by atoms with Crippen LogP contribution in [-0.2, 0) is 11.2 Å². The molecular formula is C15H21NO2. The predicted molar refractivity (Wildman–Crippen MR) is 71.5 cm³/mol. The van der Waals surface area contributed by atoms with Gasteiger partial charge < -0.3 is 10.4 Å². The molecule has 1 saturated carbocycles. The maximum absolute atomic E-state index is 11.5. The van der Waals surface area contributed by atoms with E-state index in [1.54, 1.807) is 6.92 Å². The monoisotopic (exact) mass is 247 g/mol. The molecule has 1 aromatic carbocycles. The fourth-order valence-corrected chi connectivity index (χ4v) is 2.28. The third-order valence-corrected chi connectivity index (χ3v) is 3.88. The van der Waals surface area contributed by atoms with Gasteiger partial charge in [-0.25, -0.2) is 0 Å². The molecule has 0 aliphatic heterocycles. The summed E-state index contributed by atoms with van der Waals surface area (Å²) < 4.78 is 0. The van der Waals surface area contributed by atoms with Crippen LogP contribution >= 0.6 is 0 Å². The van der Waals surface area contributed by atoms with Crippen LogP contribution in [0.25, 0.3) is 0 Å². The quantitative estimate of drug-likeness (QED) is 0.812. The van der Waals surface area contributed by atoms with Crippen molar-refractivity contribution in [3.05, 3.63) is 35.9 Å². The van der Waals surface area contributed by atoms with Crippen LogP contribution in [0.5, 0.6) is 0 Å². The van der Waals surface area contributed by atoms with Crippen molar-refractivity contribution in [2.24, 2.45) is 5.92 Å². The van der Waals surface area contributed by atoms with Crippen LogP contribution in [0.1, 0.15) is 31.7 Å². The molecule has 0 heterocycles. The highest BCUT2D eigenvalue weighted by molar-refractivity contribution is 5.78. The van der Waals surface area contributed by atoms with E-state index in [1.165, 1.54) is 19.3 Å². The first-order valence-corrected chi connectivity index (χ1v) is 6.62. The van der Waals surface area contributed by atoms with Gasteiger partial charge in [-0.05, 0) is 37.8 Å². The molecule has 0 aromatic heterocycles. The predicted octanol–water partition coefficient (Wildman–Crippen LogP) is 2.46. The van der Waals surface area contributed by atoms with Gasteiger partial charge >= 0.3 is 5.97 Å². The molecule has 0 radical (unpaired) electrons. The van der Waals surface area contributed by atoms with Crippen molar-refractivity contribution in [1.82, 2.24) is 5.32 Å². The minimum Gasteiger partial charge on any atom is -0.480 e. The van der Waals surface area contributed by atoms with Gasteiger partial charge in [0.25, 0.3) is 0 Å². The molecule has 1 unspecified atom stereocenters. The third kappa shape index (κ3) is 3.10. The fraction of sp³-hybridized carbons (Fsp3) is 0.533. The molecule has 98 valence electrons. The lowest BCUT2D eigenvalue weighted by Gasteiger charge is -2.32. The summed E-state index contributed by atoms with van der Waals surface area (Å²) in [6.45, 7) is 2.59. The Morgan fingerprint density at radius 2 is 2.06 bits per heavy atom. The summed E-state index contributed by atoms with van der Waals surface area (Å²) in [6.07, 6.45) is 4.27. The van der Waals surface area contributed by atoms with Gasteiger partial charge in [0.05, 0.1) is 0 Å². The second-order valence-corrected chi connectivity index (χ2v) is 5.48. The Balaban J connectivity index is 1.98. The van der Waals surface area contributed by atoms with E-state index in [4.69, 9.17) is 0 Å². The molecule has 0 bridgehead atoms. The van der Waals surface area contributed by atoms with Crippen molar-refractivity contribution < 1.29 is 9.90 Å². The number of carbonyl (C=O) groups is 1. The summed E-state index contributed by atoms with van der Waals surface area (Å²) in [4.78, 5) is 11.5. The van der Waals surface area contributed by atoms with Gasteiger partial charge in [-0.3, -0.25) is 4.79 Å². The van der Waals surface area contributed by atoms with E-state index in [0.29, 0.717) is 12.3 Å². The fourth-order valence-electron chi connectivity index (χ4n) is 2.28. The van der Waals surface area contributed by atoms with E-state index < -0.39 is 11.5 Å². The highest BCUT2D eigenvalue weighted by atomic mass is 16.4. The molecule has 2 rings (SSSR count). The molecule has 3 nitrogen and oxygen atoms in total. The van der Waals surface area contributed by atoms with Crippen molar-refractivity contribution in [3.63, 3.8) is 0 Å².